The van der Waals surface area contributed by atoms with E-state index in [1.165, 1.54) is 11.8 Å². The predicted molar refractivity (Wildman–Crippen MR) is 55.1 cm³/mol. The molecule has 0 saturated heterocycles. The highest BCUT2D eigenvalue weighted by Gasteiger charge is 1.88. The third kappa shape index (κ3) is 3.33. The van der Waals surface area contributed by atoms with Crippen LogP contribution < -0.4 is 0 Å². The van der Waals surface area contributed by atoms with Crippen LogP contribution in [-0.4, -0.2) is 6.21 Å². The van der Waals surface area contributed by atoms with E-state index in [0.29, 0.717) is 0 Å². The summed E-state index contributed by atoms with van der Waals surface area (Å²) in [5.74, 6) is 0. The highest BCUT2D eigenvalue weighted by Crippen LogP contribution is 2.02. The number of nitrogens with one attached hydrogen (secondary N) is 1. The van der Waals surface area contributed by atoms with E-state index in [4.69, 9.17) is 5.41 Å². The summed E-state index contributed by atoms with van der Waals surface area (Å²) >= 11 is 0. The lowest BCUT2D eigenvalue weighted by molar-refractivity contribution is 1.14. The monoisotopic (exact) mass is 163 g/mol. The normalized spacial score (nSPS) is 8.25. The summed E-state index contributed by atoms with van der Waals surface area (Å²) in [4.78, 5) is 0. The van der Waals surface area contributed by atoms with Gasteiger partial charge in [-0.15, -0.1) is 0 Å². The zero-order valence-corrected chi connectivity index (χ0v) is 8.09. The molecule has 0 heterocycles. The molecule has 0 aliphatic heterocycles. The second-order valence-corrected chi connectivity index (χ2v) is 2.24. The van der Waals surface area contributed by atoms with Crippen LogP contribution in [0.2, 0.25) is 0 Å². The van der Waals surface area contributed by atoms with Crippen LogP contribution in [0.5, 0.6) is 0 Å². The van der Waals surface area contributed by atoms with Crippen LogP contribution in [0.3, 0.4) is 0 Å². The second-order valence-electron chi connectivity index (χ2n) is 2.24. The molecule has 1 heteroatoms. The van der Waals surface area contributed by atoms with Gasteiger partial charge in [0.05, 0.1) is 0 Å². The van der Waals surface area contributed by atoms with Crippen LogP contribution in [-0.2, 0) is 6.42 Å². The summed E-state index contributed by atoms with van der Waals surface area (Å²) in [5, 5.41) is 6.99. The van der Waals surface area contributed by atoms with Gasteiger partial charge < -0.3 is 5.41 Å². The number of hydrogen-bond acceptors (Lipinski definition) is 1. The molecule has 0 radical (unpaired) electrons. The van der Waals surface area contributed by atoms with Gasteiger partial charge in [0.2, 0.25) is 0 Å². The smallest absolute Gasteiger partial charge is 0.0250 e. The third-order valence-electron chi connectivity index (χ3n) is 1.53. The van der Waals surface area contributed by atoms with E-state index in [0.717, 1.165) is 12.0 Å². The molecule has 66 valence electrons. The minimum absolute atomic E-state index is 0.986. The van der Waals surface area contributed by atoms with Crippen molar-refractivity contribution in [2.75, 3.05) is 0 Å². The van der Waals surface area contributed by atoms with E-state index in [1.54, 1.807) is 0 Å². The van der Waals surface area contributed by atoms with Gasteiger partial charge in [0.1, 0.15) is 0 Å². The van der Waals surface area contributed by atoms with Crippen molar-refractivity contribution >= 4 is 6.21 Å². The number of rotatable bonds is 2. The lowest BCUT2D eigenvalue weighted by atomic mass is 10.1. The maximum absolute atomic E-state index is 6.99. The van der Waals surface area contributed by atoms with Crippen molar-refractivity contribution in [3.05, 3.63) is 35.4 Å². The minimum atomic E-state index is 0.986. The van der Waals surface area contributed by atoms with Gasteiger partial charge in [0.15, 0.2) is 0 Å². The first kappa shape index (κ1) is 10.9. The Hall–Kier alpha value is -1.11. The average molecular weight is 163 g/mol. The molecule has 0 spiro atoms. The van der Waals surface area contributed by atoms with Crippen LogP contribution in [0.1, 0.15) is 31.9 Å². The maximum Gasteiger partial charge on any atom is 0.0250 e. The van der Waals surface area contributed by atoms with E-state index in [1.807, 2.05) is 32.0 Å². The predicted octanol–water partition coefficient (Wildman–Crippen LogP) is 3.27. The van der Waals surface area contributed by atoms with Crippen molar-refractivity contribution in [2.45, 2.75) is 27.2 Å². The van der Waals surface area contributed by atoms with E-state index < -0.39 is 0 Å². The third-order valence-corrected chi connectivity index (χ3v) is 1.53. The maximum atomic E-state index is 6.99. The molecule has 0 unspecified atom stereocenters. The second kappa shape index (κ2) is 6.59. The topological polar surface area (TPSA) is 23.9 Å². The highest BCUT2D eigenvalue weighted by molar-refractivity contribution is 5.77. The van der Waals surface area contributed by atoms with Gasteiger partial charge in [0.25, 0.3) is 0 Å². The molecule has 1 aromatic rings. The number of hydrogen-bond donors (Lipinski definition) is 1. The molecule has 0 bridgehead atoms. The molecule has 0 atom stereocenters. The Morgan fingerprint density at radius 2 is 2.00 bits per heavy atom. The quantitative estimate of drug-likeness (QED) is 0.647. The van der Waals surface area contributed by atoms with Crippen molar-refractivity contribution in [2.24, 2.45) is 0 Å². The molecule has 1 nitrogen and oxygen atoms in total. The minimum Gasteiger partial charge on any atom is -0.308 e. The van der Waals surface area contributed by atoms with Crippen molar-refractivity contribution in [1.29, 1.82) is 5.41 Å². The molecular formula is C11H17N. The fourth-order valence-electron chi connectivity index (χ4n) is 0.903. The van der Waals surface area contributed by atoms with E-state index in [2.05, 4.69) is 13.0 Å². The van der Waals surface area contributed by atoms with Crippen LogP contribution in [0.4, 0.5) is 0 Å². The highest BCUT2D eigenvalue weighted by atomic mass is 14.3. The largest absolute Gasteiger partial charge is 0.308 e. The first-order chi connectivity index (χ1) is 5.86. The first-order valence-electron chi connectivity index (χ1n) is 4.46. The molecule has 0 aromatic heterocycles. The van der Waals surface area contributed by atoms with Gasteiger partial charge in [0, 0.05) is 6.21 Å². The van der Waals surface area contributed by atoms with Crippen LogP contribution in [0.25, 0.3) is 0 Å². The van der Waals surface area contributed by atoms with E-state index in [9.17, 15) is 0 Å². The SMILES string of the molecule is CC.CCc1cccc(C=N)c1. The van der Waals surface area contributed by atoms with Crippen LogP contribution in [0.15, 0.2) is 24.3 Å². The van der Waals surface area contributed by atoms with Gasteiger partial charge in [-0.2, -0.15) is 0 Å². The summed E-state index contributed by atoms with van der Waals surface area (Å²) in [6, 6.07) is 8.03. The lowest BCUT2D eigenvalue weighted by Gasteiger charge is -1.95. The first-order valence-corrected chi connectivity index (χ1v) is 4.46. The van der Waals surface area contributed by atoms with Gasteiger partial charge in [-0.25, -0.2) is 0 Å². The molecule has 1 N–H and O–H groups in total. The molecule has 0 fully saturated rings. The molecule has 0 amide bonds. The van der Waals surface area contributed by atoms with Gasteiger partial charge in [-0.3, -0.25) is 0 Å². The Labute approximate surface area is 74.9 Å². The Bertz CT molecular complexity index is 228. The molecule has 12 heavy (non-hydrogen) atoms. The zero-order chi connectivity index (χ0) is 9.40. The Kier molecular flexibility index (Phi) is 5.98. The summed E-state index contributed by atoms with van der Waals surface area (Å²) in [5.41, 5.74) is 2.28. The molecule has 0 aliphatic rings. The average Bonchev–Trinajstić information content (AvgIpc) is 2.21. The fraction of sp³-hybridized carbons (Fsp3) is 0.364. The van der Waals surface area contributed by atoms with Gasteiger partial charge in [-0.1, -0.05) is 45.0 Å². The molecule has 1 rings (SSSR count). The van der Waals surface area contributed by atoms with Crippen LogP contribution >= 0.6 is 0 Å². The van der Waals surface area contributed by atoms with E-state index >= 15 is 0 Å². The molecule has 0 aliphatic carbocycles. The fourth-order valence-corrected chi connectivity index (χ4v) is 0.903. The number of aryl methyl sites for hydroxylation is 1. The zero-order valence-electron chi connectivity index (χ0n) is 8.09. The Balaban J connectivity index is 0.000000561. The Morgan fingerprint density at radius 3 is 2.50 bits per heavy atom. The standard InChI is InChI=1S/C9H11N.C2H6/c1-2-8-4-3-5-9(6-8)7-10;1-2/h3-7,10H,2H2,1H3;1-2H3. The summed E-state index contributed by atoms with van der Waals surface area (Å²) in [6.07, 6.45) is 2.42. The van der Waals surface area contributed by atoms with Crippen molar-refractivity contribution in [3.63, 3.8) is 0 Å². The van der Waals surface area contributed by atoms with E-state index in [-0.39, 0.29) is 0 Å². The van der Waals surface area contributed by atoms with Crippen molar-refractivity contribution in [1.82, 2.24) is 0 Å². The molecule has 1 aromatic carbocycles. The Morgan fingerprint density at radius 1 is 1.33 bits per heavy atom. The van der Waals surface area contributed by atoms with Gasteiger partial charge in [-0.05, 0) is 17.5 Å². The number of benzene rings is 1. The van der Waals surface area contributed by atoms with Crippen molar-refractivity contribution in [3.8, 4) is 0 Å². The van der Waals surface area contributed by atoms with Crippen molar-refractivity contribution < 1.29 is 0 Å². The lowest BCUT2D eigenvalue weighted by Crippen LogP contribution is -1.83. The van der Waals surface area contributed by atoms with Gasteiger partial charge >= 0.3 is 0 Å². The van der Waals surface area contributed by atoms with Crippen LogP contribution in [0, 0.1) is 5.41 Å². The molecule has 0 saturated carbocycles. The molecular weight excluding hydrogens is 146 g/mol. The summed E-state index contributed by atoms with van der Waals surface area (Å²) in [7, 11) is 0. The summed E-state index contributed by atoms with van der Waals surface area (Å²) < 4.78 is 0. The summed E-state index contributed by atoms with van der Waals surface area (Å²) in [6.45, 7) is 6.11.